The Morgan fingerprint density at radius 2 is 1.88 bits per heavy atom. The van der Waals surface area contributed by atoms with Crippen molar-refractivity contribution in [3.05, 3.63) is 76.8 Å². The summed E-state index contributed by atoms with van der Waals surface area (Å²) in [5, 5.41) is 4.56. The first-order valence-electron chi connectivity index (χ1n) is 7.55. The predicted molar refractivity (Wildman–Crippen MR) is 89.9 cm³/mol. The molecule has 5 nitrogen and oxygen atoms in total. The molecule has 0 bridgehead atoms. The largest absolute Gasteiger partial charge is 0.329 e. The summed E-state index contributed by atoms with van der Waals surface area (Å²) in [5.74, 6) is 0. The van der Waals surface area contributed by atoms with Gasteiger partial charge in [-0.15, -0.1) is 0 Å². The van der Waals surface area contributed by atoms with Crippen LogP contribution >= 0.6 is 0 Å². The quantitative estimate of drug-likeness (QED) is 0.619. The van der Waals surface area contributed by atoms with Crippen LogP contribution in [0.5, 0.6) is 0 Å². The number of alkyl halides is 2. The summed E-state index contributed by atoms with van der Waals surface area (Å²) in [4.78, 5) is 18.5. The Kier molecular flexibility index (Phi) is 3.61. The first-order valence-corrected chi connectivity index (χ1v) is 7.55. The van der Waals surface area contributed by atoms with E-state index in [2.05, 4.69) is 15.1 Å². The summed E-state index contributed by atoms with van der Waals surface area (Å²) < 4.78 is 27.1. The van der Waals surface area contributed by atoms with Gasteiger partial charge >= 0.3 is 0 Å². The molecule has 0 atom stereocenters. The van der Waals surface area contributed by atoms with Crippen LogP contribution in [0.15, 0.2) is 65.7 Å². The van der Waals surface area contributed by atoms with Crippen molar-refractivity contribution in [1.82, 2.24) is 19.7 Å². The average molecular weight is 338 g/mol. The normalized spacial score (nSPS) is 11.3. The van der Waals surface area contributed by atoms with Crippen molar-refractivity contribution in [3.8, 4) is 16.9 Å². The van der Waals surface area contributed by atoms with Crippen LogP contribution in [0.3, 0.4) is 0 Å². The van der Waals surface area contributed by atoms with Gasteiger partial charge in [0.2, 0.25) is 5.56 Å². The van der Waals surface area contributed by atoms with E-state index in [1.54, 1.807) is 41.3 Å². The lowest BCUT2D eigenvalue weighted by atomic mass is 10.1. The third kappa shape index (κ3) is 2.69. The topological polar surface area (TPSA) is 63.6 Å². The first-order chi connectivity index (χ1) is 12.1. The highest BCUT2D eigenvalue weighted by Gasteiger charge is 2.15. The van der Waals surface area contributed by atoms with Crippen molar-refractivity contribution >= 4 is 11.0 Å². The lowest BCUT2D eigenvalue weighted by Crippen LogP contribution is -2.02. The molecule has 1 N–H and O–H groups in total. The molecule has 0 saturated heterocycles. The van der Waals surface area contributed by atoms with Gasteiger partial charge in [-0.25, -0.2) is 13.5 Å². The summed E-state index contributed by atoms with van der Waals surface area (Å²) in [6.45, 7) is 0. The second kappa shape index (κ2) is 5.94. The predicted octanol–water partition coefficient (Wildman–Crippen LogP) is 3.71. The van der Waals surface area contributed by atoms with Crippen molar-refractivity contribution in [3.63, 3.8) is 0 Å². The molecule has 25 heavy (non-hydrogen) atoms. The van der Waals surface area contributed by atoms with Crippen LogP contribution < -0.4 is 5.56 Å². The SMILES string of the molecule is O=c1cc(-c2nn(-c3ccc(C(F)F)cc3)c3cccnc23)cc[nH]1. The van der Waals surface area contributed by atoms with Crippen molar-refractivity contribution in [2.75, 3.05) is 0 Å². The maximum atomic E-state index is 12.8. The summed E-state index contributed by atoms with van der Waals surface area (Å²) in [6, 6.07) is 12.7. The Balaban J connectivity index is 1.92. The highest BCUT2D eigenvalue weighted by molar-refractivity contribution is 5.90. The Labute approximate surface area is 140 Å². The molecule has 0 spiro atoms. The van der Waals surface area contributed by atoms with E-state index in [4.69, 9.17) is 0 Å². The molecule has 4 rings (SSSR count). The van der Waals surface area contributed by atoms with Crippen LogP contribution in [0.1, 0.15) is 12.0 Å². The maximum Gasteiger partial charge on any atom is 0.263 e. The molecule has 0 radical (unpaired) electrons. The lowest BCUT2D eigenvalue weighted by molar-refractivity contribution is 0.151. The van der Waals surface area contributed by atoms with Gasteiger partial charge in [-0.2, -0.15) is 5.10 Å². The van der Waals surface area contributed by atoms with E-state index in [0.29, 0.717) is 22.5 Å². The molecule has 3 aromatic heterocycles. The number of hydrogen-bond donors (Lipinski definition) is 1. The monoisotopic (exact) mass is 338 g/mol. The summed E-state index contributed by atoms with van der Waals surface area (Å²) in [6.07, 6.45) is 0.671. The van der Waals surface area contributed by atoms with Crippen LogP contribution in [0, 0.1) is 0 Å². The number of nitrogens with one attached hydrogen (secondary N) is 1. The van der Waals surface area contributed by atoms with Gasteiger partial charge < -0.3 is 4.98 Å². The number of aromatic amines is 1. The van der Waals surface area contributed by atoms with Crippen molar-refractivity contribution < 1.29 is 8.78 Å². The third-order valence-electron chi connectivity index (χ3n) is 3.88. The van der Waals surface area contributed by atoms with E-state index in [0.717, 1.165) is 5.52 Å². The molecular weight excluding hydrogens is 326 g/mol. The molecule has 7 heteroatoms. The van der Waals surface area contributed by atoms with Crippen LogP contribution in [-0.4, -0.2) is 19.7 Å². The summed E-state index contributed by atoms with van der Waals surface area (Å²) in [7, 11) is 0. The van der Waals surface area contributed by atoms with Gasteiger partial charge in [-0.05, 0) is 30.3 Å². The van der Waals surface area contributed by atoms with E-state index < -0.39 is 6.43 Å². The van der Waals surface area contributed by atoms with E-state index in [9.17, 15) is 13.6 Å². The third-order valence-corrected chi connectivity index (χ3v) is 3.88. The molecule has 0 unspecified atom stereocenters. The molecule has 124 valence electrons. The number of nitrogens with zero attached hydrogens (tertiary/aromatic N) is 3. The number of hydrogen-bond acceptors (Lipinski definition) is 3. The minimum Gasteiger partial charge on any atom is -0.329 e. The molecule has 0 amide bonds. The fourth-order valence-corrected chi connectivity index (χ4v) is 2.70. The fourth-order valence-electron chi connectivity index (χ4n) is 2.70. The highest BCUT2D eigenvalue weighted by atomic mass is 19.3. The number of aromatic nitrogens is 4. The maximum absolute atomic E-state index is 12.8. The van der Waals surface area contributed by atoms with Gasteiger partial charge in [0.25, 0.3) is 6.43 Å². The second-order valence-corrected chi connectivity index (χ2v) is 5.47. The Morgan fingerprint density at radius 1 is 1.08 bits per heavy atom. The Hall–Kier alpha value is -3.35. The van der Waals surface area contributed by atoms with Crippen LogP contribution in [-0.2, 0) is 0 Å². The van der Waals surface area contributed by atoms with Crippen LogP contribution in [0.4, 0.5) is 8.78 Å². The zero-order valence-electron chi connectivity index (χ0n) is 12.9. The molecule has 0 aliphatic rings. The van der Waals surface area contributed by atoms with E-state index in [1.807, 2.05) is 6.07 Å². The van der Waals surface area contributed by atoms with E-state index in [-0.39, 0.29) is 11.1 Å². The van der Waals surface area contributed by atoms with Crippen molar-refractivity contribution in [2.45, 2.75) is 6.43 Å². The number of fused-ring (bicyclic) bond motifs is 1. The second-order valence-electron chi connectivity index (χ2n) is 5.47. The first kappa shape index (κ1) is 15.2. The summed E-state index contributed by atoms with van der Waals surface area (Å²) >= 11 is 0. The van der Waals surface area contributed by atoms with Gasteiger partial charge in [0.05, 0.1) is 11.2 Å². The van der Waals surface area contributed by atoms with Crippen LogP contribution in [0.25, 0.3) is 28.0 Å². The van der Waals surface area contributed by atoms with E-state index in [1.165, 1.54) is 18.2 Å². The van der Waals surface area contributed by atoms with Crippen LogP contribution in [0.2, 0.25) is 0 Å². The molecule has 0 aliphatic heterocycles. The minimum atomic E-state index is -2.52. The Morgan fingerprint density at radius 3 is 2.60 bits per heavy atom. The fraction of sp³-hybridized carbons (Fsp3) is 0.0556. The molecular formula is C18H12F2N4O. The van der Waals surface area contributed by atoms with Gasteiger partial charge in [0.15, 0.2) is 0 Å². The standard InChI is InChI=1S/C18H12F2N4O/c19-18(20)11-3-5-13(6-4-11)24-14-2-1-8-22-17(14)16(23-24)12-7-9-21-15(25)10-12/h1-10,18H,(H,21,25). The molecule has 3 heterocycles. The lowest BCUT2D eigenvalue weighted by Gasteiger charge is -2.05. The minimum absolute atomic E-state index is 0.0480. The number of rotatable bonds is 3. The van der Waals surface area contributed by atoms with Gasteiger partial charge in [0, 0.05) is 29.6 Å². The van der Waals surface area contributed by atoms with E-state index >= 15 is 0 Å². The zero-order valence-corrected chi connectivity index (χ0v) is 12.9. The Bertz CT molecular complexity index is 1100. The van der Waals surface area contributed by atoms with Gasteiger partial charge in [-0.1, -0.05) is 12.1 Å². The molecule has 4 aromatic rings. The zero-order chi connectivity index (χ0) is 17.4. The molecule has 1 aromatic carbocycles. The number of pyridine rings is 2. The molecule has 0 fully saturated rings. The smallest absolute Gasteiger partial charge is 0.263 e. The number of benzene rings is 1. The highest BCUT2D eigenvalue weighted by Crippen LogP contribution is 2.28. The summed E-state index contributed by atoms with van der Waals surface area (Å²) in [5.41, 5.74) is 2.90. The van der Waals surface area contributed by atoms with Gasteiger partial charge in [-0.3, -0.25) is 9.78 Å². The van der Waals surface area contributed by atoms with Gasteiger partial charge in [0.1, 0.15) is 11.2 Å². The molecule has 0 aliphatic carbocycles. The van der Waals surface area contributed by atoms with Crippen molar-refractivity contribution in [1.29, 1.82) is 0 Å². The molecule has 0 saturated carbocycles. The van der Waals surface area contributed by atoms with Crippen molar-refractivity contribution in [2.24, 2.45) is 0 Å². The average Bonchev–Trinajstić information content (AvgIpc) is 3.01. The number of halogens is 2. The number of H-pyrrole nitrogens is 1.